The van der Waals surface area contributed by atoms with E-state index in [4.69, 9.17) is 0 Å². The maximum absolute atomic E-state index is 12.7. The summed E-state index contributed by atoms with van der Waals surface area (Å²) in [6.07, 6.45) is 6.32. The zero-order chi connectivity index (χ0) is 17.2. The van der Waals surface area contributed by atoms with Crippen LogP contribution in [-0.2, 0) is 11.3 Å². The van der Waals surface area contributed by atoms with Crippen molar-refractivity contribution < 1.29 is 4.79 Å². The van der Waals surface area contributed by atoms with E-state index in [-0.39, 0.29) is 23.6 Å². The van der Waals surface area contributed by atoms with E-state index in [1.54, 1.807) is 0 Å². The standard InChI is InChI=1S/C19H24N4O2/c24-18(15-8-4-5-9-15)20-12-13-22-19(25)23(16-10-11-16)17(21-22)14-6-2-1-3-7-14/h1-3,6-7,15-16H,4-5,8-13H2,(H,20,24). The molecule has 2 aliphatic carbocycles. The Balaban J connectivity index is 1.48. The van der Waals surface area contributed by atoms with Gasteiger partial charge in [0.25, 0.3) is 0 Å². The second-order valence-corrected chi connectivity index (χ2v) is 7.07. The Morgan fingerprint density at radius 2 is 1.84 bits per heavy atom. The number of hydrogen-bond acceptors (Lipinski definition) is 3. The van der Waals surface area contributed by atoms with Crippen molar-refractivity contribution in [2.75, 3.05) is 6.54 Å². The summed E-state index contributed by atoms with van der Waals surface area (Å²) >= 11 is 0. The topological polar surface area (TPSA) is 68.9 Å². The lowest BCUT2D eigenvalue weighted by molar-refractivity contribution is -0.124. The van der Waals surface area contributed by atoms with Crippen molar-refractivity contribution in [2.24, 2.45) is 5.92 Å². The number of hydrogen-bond donors (Lipinski definition) is 1. The van der Waals surface area contributed by atoms with Crippen LogP contribution >= 0.6 is 0 Å². The molecule has 1 amide bonds. The van der Waals surface area contributed by atoms with Crippen molar-refractivity contribution in [3.05, 3.63) is 40.8 Å². The first-order valence-corrected chi connectivity index (χ1v) is 9.26. The Labute approximate surface area is 146 Å². The summed E-state index contributed by atoms with van der Waals surface area (Å²) in [4.78, 5) is 24.8. The third-order valence-electron chi connectivity index (χ3n) is 5.16. The molecule has 0 aliphatic heterocycles. The number of nitrogens with zero attached hydrogens (tertiary/aromatic N) is 3. The summed E-state index contributed by atoms with van der Waals surface area (Å²) in [5.74, 6) is 1.01. The Bertz CT molecular complexity index is 799. The number of carbonyl (C=O) groups is 1. The minimum Gasteiger partial charge on any atom is -0.354 e. The van der Waals surface area contributed by atoms with Gasteiger partial charge in [0.2, 0.25) is 5.91 Å². The Morgan fingerprint density at radius 3 is 2.52 bits per heavy atom. The molecule has 2 saturated carbocycles. The second-order valence-electron chi connectivity index (χ2n) is 7.07. The Morgan fingerprint density at radius 1 is 1.12 bits per heavy atom. The Kier molecular flexibility index (Phi) is 4.42. The molecule has 1 N–H and O–H groups in total. The predicted molar refractivity (Wildman–Crippen MR) is 95.2 cm³/mol. The molecule has 0 unspecified atom stereocenters. The van der Waals surface area contributed by atoms with E-state index in [1.807, 2.05) is 34.9 Å². The first-order valence-electron chi connectivity index (χ1n) is 9.26. The summed E-state index contributed by atoms with van der Waals surface area (Å²) in [5, 5.41) is 7.52. The minimum atomic E-state index is -0.0727. The highest BCUT2D eigenvalue weighted by Crippen LogP contribution is 2.36. The molecule has 0 radical (unpaired) electrons. The van der Waals surface area contributed by atoms with Crippen molar-refractivity contribution in [3.8, 4) is 11.4 Å². The summed E-state index contributed by atoms with van der Waals surface area (Å²) in [5.41, 5.74) is 0.886. The number of rotatable bonds is 6. The van der Waals surface area contributed by atoms with Gasteiger partial charge in [-0.15, -0.1) is 5.10 Å². The van der Waals surface area contributed by atoms with Crippen LogP contribution in [0.3, 0.4) is 0 Å². The van der Waals surface area contributed by atoms with Crippen LogP contribution in [0.2, 0.25) is 0 Å². The summed E-state index contributed by atoms with van der Waals surface area (Å²) < 4.78 is 3.31. The summed E-state index contributed by atoms with van der Waals surface area (Å²) in [7, 11) is 0. The average Bonchev–Trinajstić information content (AvgIpc) is 3.20. The van der Waals surface area contributed by atoms with Crippen LogP contribution in [0.1, 0.15) is 44.6 Å². The molecule has 0 atom stereocenters. The van der Waals surface area contributed by atoms with Crippen LogP contribution in [-0.4, -0.2) is 26.8 Å². The zero-order valence-electron chi connectivity index (χ0n) is 14.4. The first kappa shape index (κ1) is 16.1. The highest BCUT2D eigenvalue weighted by molar-refractivity contribution is 5.78. The van der Waals surface area contributed by atoms with Crippen LogP contribution in [0.15, 0.2) is 35.1 Å². The molecule has 1 aromatic heterocycles. The number of carbonyl (C=O) groups excluding carboxylic acids is 1. The molecular formula is C19H24N4O2. The van der Waals surface area contributed by atoms with Crippen molar-refractivity contribution in [3.63, 3.8) is 0 Å². The maximum atomic E-state index is 12.7. The van der Waals surface area contributed by atoms with Crippen LogP contribution in [0, 0.1) is 5.92 Å². The molecule has 4 rings (SSSR count). The second kappa shape index (κ2) is 6.86. The molecule has 1 aromatic carbocycles. The molecule has 2 aliphatic rings. The first-order chi connectivity index (χ1) is 12.2. The lowest BCUT2D eigenvalue weighted by Crippen LogP contribution is -2.34. The number of aromatic nitrogens is 3. The summed E-state index contributed by atoms with van der Waals surface area (Å²) in [6.45, 7) is 0.863. The molecule has 6 heteroatoms. The molecule has 25 heavy (non-hydrogen) atoms. The highest BCUT2D eigenvalue weighted by Gasteiger charge is 2.30. The van der Waals surface area contributed by atoms with Crippen LogP contribution in [0.4, 0.5) is 0 Å². The molecule has 132 valence electrons. The van der Waals surface area contributed by atoms with Crippen LogP contribution in [0.25, 0.3) is 11.4 Å². The minimum absolute atomic E-state index is 0.0727. The van der Waals surface area contributed by atoms with E-state index in [9.17, 15) is 9.59 Å². The third-order valence-corrected chi connectivity index (χ3v) is 5.16. The zero-order valence-corrected chi connectivity index (χ0v) is 14.4. The molecule has 6 nitrogen and oxygen atoms in total. The van der Waals surface area contributed by atoms with Gasteiger partial charge in [-0.2, -0.15) is 0 Å². The van der Waals surface area contributed by atoms with E-state index in [2.05, 4.69) is 10.4 Å². The van der Waals surface area contributed by atoms with Gasteiger partial charge in [0.15, 0.2) is 5.82 Å². The predicted octanol–water partition coefficient (Wildman–Crippen LogP) is 2.35. The molecule has 0 saturated heterocycles. The lowest BCUT2D eigenvalue weighted by atomic mass is 10.1. The van der Waals surface area contributed by atoms with Gasteiger partial charge in [-0.25, -0.2) is 9.48 Å². The average molecular weight is 340 g/mol. The monoisotopic (exact) mass is 340 g/mol. The molecule has 0 bridgehead atoms. The van der Waals surface area contributed by atoms with E-state index in [1.165, 1.54) is 4.68 Å². The molecule has 2 aromatic rings. The fourth-order valence-electron chi connectivity index (χ4n) is 3.63. The largest absolute Gasteiger partial charge is 0.354 e. The van der Waals surface area contributed by atoms with Crippen molar-refractivity contribution in [1.29, 1.82) is 0 Å². The number of benzene rings is 1. The third kappa shape index (κ3) is 3.38. The molecular weight excluding hydrogens is 316 g/mol. The van der Waals surface area contributed by atoms with Gasteiger partial charge in [0.1, 0.15) is 0 Å². The fraction of sp³-hybridized carbons (Fsp3) is 0.526. The van der Waals surface area contributed by atoms with Crippen LogP contribution < -0.4 is 11.0 Å². The van der Waals surface area contributed by atoms with E-state index < -0.39 is 0 Å². The van der Waals surface area contributed by atoms with E-state index in [0.29, 0.717) is 13.1 Å². The van der Waals surface area contributed by atoms with E-state index >= 15 is 0 Å². The maximum Gasteiger partial charge on any atom is 0.346 e. The SMILES string of the molecule is O=C(NCCn1nc(-c2ccccc2)n(C2CC2)c1=O)C1CCCC1. The van der Waals surface area contributed by atoms with Crippen molar-refractivity contribution >= 4 is 5.91 Å². The number of nitrogens with one attached hydrogen (secondary N) is 1. The Hall–Kier alpha value is -2.37. The van der Waals surface area contributed by atoms with Gasteiger partial charge in [-0.1, -0.05) is 43.2 Å². The smallest absolute Gasteiger partial charge is 0.346 e. The van der Waals surface area contributed by atoms with Gasteiger partial charge in [0, 0.05) is 24.1 Å². The quantitative estimate of drug-likeness (QED) is 0.878. The highest BCUT2D eigenvalue weighted by atomic mass is 16.2. The normalized spacial score (nSPS) is 17.8. The van der Waals surface area contributed by atoms with Gasteiger partial charge >= 0.3 is 5.69 Å². The number of amides is 1. The molecule has 2 fully saturated rings. The van der Waals surface area contributed by atoms with Crippen molar-refractivity contribution in [1.82, 2.24) is 19.7 Å². The van der Waals surface area contributed by atoms with Crippen molar-refractivity contribution in [2.45, 2.75) is 51.1 Å². The van der Waals surface area contributed by atoms with Crippen LogP contribution in [0.5, 0.6) is 0 Å². The fourth-order valence-corrected chi connectivity index (χ4v) is 3.63. The molecule has 0 spiro atoms. The van der Waals surface area contributed by atoms with Gasteiger partial charge in [-0.3, -0.25) is 9.36 Å². The lowest BCUT2D eigenvalue weighted by Gasteiger charge is -2.09. The van der Waals surface area contributed by atoms with Gasteiger partial charge < -0.3 is 5.32 Å². The van der Waals surface area contributed by atoms with Gasteiger partial charge in [-0.05, 0) is 25.7 Å². The molecule has 1 heterocycles. The van der Waals surface area contributed by atoms with Gasteiger partial charge in [0.05, 0.1) is 6.54 Å². The summed E-state index contributed by atoms with van der Waals surface area (Å²) in [6, 6.07) is 10.1. The van der Waals surface area contributed by atoms with E-state index in [0.717, 1.165) is 49.9 Å².